The number of hydrogen-bond donors (Lipinski definition) is 3. The van der Waals surface area contributed by atoms with Gasteiger partial charge in [-0.25, -0.2) is 4.99 Å². The number of nitriles is 1. The number of carbonyl (C=O) groups is 1. The van der Waals surface area contributed by atoms with Crippen molar-refractivity contribution in [3.05, 3.63) is 32.3 Å². The van der Waals surface area contributed by atoms with Crippen molar-refractivity contribution in [1.82, 2.24) is 10.6 Å². The molecule has 4 rings (SSSR count). The number of nitrogens with one attached hydrogen (secondary N) is 2. The van der Waals surface area contributed by atoms with Crippen LogP contribution in [-0.4, -0.2) is 23.5 Å². The van der Waals surface area contributed by atoms with Crippen molar-refractivity contribution < 1.29 is 4.79 Å². The van der Waals surface area contributed by atoms with Crippen molar-refractivity contribution in [2.24, 2.45) is 16.1 Å². The Bertz CT molecular complexity index is 854. The average molecular weight is 416 g/mol. The summed E-state index contributed by atoms with van der Waals surface area (Å²) in [5, 5.41) is 20.2. The molecule has 0 aromatic carbocycles. The summed E-state index contributed by atoms with van der Waals surface area (Å²) in [6.45, 7) is 2.02. The van der Waals surface area contributed by atoms with Crippen LogP contribution < -0.4 is 16.4 Å². The summed E-state index contributed by atoms with van der Waals surface area (Å²) in [4.78, 5) is 16.7. The molecule has 28 heavy (non-hydrogen) atoms. The van der Waals surface area contributed by atoms with Gasteiger partial charge >= 0.3 is 0 Å². The summed E-state index contributed by atoms with van der Waals surface area (Å²) in [7, 11) is 0. The highest BCUT2D eigenvalue weighted by Gasteiger charge is 2.47. The molecule has 2 heterocycles. The van der Waals surface area contributed by atoms with E-state index in [1.807, 2.05) is 6.92 Å². The smallest absolute Gasteiger partial charge is 0.230 e. The van der Waals surface area contributed by atoms with Crippen LogP contribution in [0.3, 0.4) is 0 Å². The van der Waals surface area contributed by atoms with Gasteiger partial charge in [0.05, 0.1) is 22.4 Å². The zero-order valence-corrected chi connectivity index (χ0v) is 17.6. The molecule has 0 aromatic heterocycles. The first-order valence-electron chi connectivity index (χ1n) is 9.80. The topological polar surface area (TPSA) is 103 Å². The lowest BCUT2D eigenvalue weighted by Crippen LogP contribution is -2.40. The normalized spacial score (nSPS) is 26.4. The third kappa shape index (κ3) is 3.70. The third-order valence-electron chi connectivity index (χ3n) is 5.64. The van der Waals surface area contributed by atoms with Crippen LogP contribution >= 0.6 is 23.5 Å². The van der Waals surface area contributed by atoms with Crippen molar-refractivity contribution in [3.63, 3.8) is 0 Å². The largest absolute Gasteiger partial charge is 0.383 e. The van der Waals surface area contributed by atoms with Gasteiger partial charge in [-0.3, -0.25) is 4.79 Å². The van der Waals surface area contributed by atoms with Gasteiger partial charge in [-0.2, -0.15) is 5.26 Å². The Hall–Kier alpha value is -1.85. The van der Waals surface area contributed by atoms with E-state index in [4.69, 9.17) is 5.73 Å². The molecule has 8 heteroatoms. The summed E-state index contributed by atoms with van der Waals surface area (Å²) < 4.78 is 0. The lowest BCUT2D eigenvalue weighted by Gasteiger charge is -2.42. The molecule has 148 valence electrons. The minimum atomic E-state index is -0.401. The van der Waals surface area contributed by atoms with Crippen molar-refractivity contribution in [1.29, 1.82) is 5.26 Å². The van der Waals surface area contributed by atoms with Crippen LogP contribution in [0.1, 0.15) is 51.9 Å². The standard InChI is InChI=1S/C20H25N5OS2/c1-12-10-27-19(23-12)16-17(22)25-18(28-11-15(26)24-13-5-6-13)14(9-21)20(16)7-3-2-4-8-20/h10,13,23H,2-8,11H2,1H3,(H2,22,25)(H,24,26). The van der Waals surface area contributed by atoms with Gasteiger partial charge in [0.25, 0.3) is 0 Å². The van der Waals surface area contributed by atoms with E-state index in [0.717, 1.165) is 54.8 Å². The van der Waals surface area contributed by atoms with Gasteiger partial charge in [-0.15, -0.1) is 0 Å². The molecule has 0 aromatic rings. The third-order valence-corrected chi connectivity index (χ3v) is 7.63. The molecular weight excluding hydrogens is 390 g/mol. The van der Waals surface area contributed by atoms with Crippen molar-refractivity contribution >= 4 is 35.3 Å². The monoisotopic (exact) mass is 415 g/mol. The summed E-state index contributed by atoms with van der Waals surface area (Å²) in [5.74, 6) is 0.744. The van der Waals surface area contributed by atoms with Crippen molar-refractivity contribution in [2.75, 3.05) is 5.75 Å². The van der Waals surface area contributed by atoms with Gasteiger partial charge in [0.15, 0.2) is 0 Å². The Kier molecular flexibility index (Phi) is 5.48. The number of amidine groups is 1. The van der Waals surface area contributed by atoms with E-state index in [1.165, 1.54) is 18.2 Å². The molecule has 2 aliphatic carbocycles. The quantitative estimate of drug-likeness (QED) is 0.650. The first-order chi connectivity index (χ1) is 13.5. The molecule has 0 saturated heterocycles. The Balaban J connectivity index is 1.68. The molecule has 0 unspecified atom stereocenters. The Morgan fingerprint density at radius 1 is 1.46 bits per heavy atom. The number of allylic oxidation sites excluding steroid dienone is 2. The minimum Gasteiger partial charge on any atom is -0.383 e. The fourth-order valence-electron chi connectivity index (χ4n) is 4.18. The second-order valence-corrected chi connectivity index (χ2v) is 9.65. The first kappa shape index (κ1) is 19.5. The number of aliphatic imine (C=N–C) groups is 1. The molecule has 0 radical (unpaired) electrons. The van der Waals surface area contributed by atoms with Gasteiger partial charge in [0, 0.05) is 22.7 Å². The number of nitrogens with zero attached hydrogens (tertiary/aromatic N) is 2. The van der Waals surface area contributed by atoms with E-state index in [2.05, 4.69) is 27.1 Å². The van der Waals surface area contributed by atoms with Crippen molar-refractivity contribution in [2.45, 2.75) is 57.9 Å². The van der Waals surface area contributed by atoms with Crippen LogP contribution in [0.15, 0.2) is 37.3 Å². The number of hydrogen-bond acceptors (Lipinski definition) is 7. The van der Waals surface area contributed by atoms with Gasteiger partial charge in [-0.1, -0.05) is 42.8 Å². The van der Waals surface area contributed by atoms with Gasteiger partial charge in [0.2, 0.25) is 5.91 Å². The number of carbonyl (C=O) groups excluding carboxylic acids is 1. The number of amides is 1. The van der Waals surface area contributed by atoms with Gasteiger partial charge in [-0.05, 0) is 38.0 Å². The Morgan fingerprint density at radius 3 is 2.82 bits per heavy atom. The second kappa shape index (κ2) is 7.88. The zero-order chi connectivity index (χ0) is 19.7. The molecule has 1 amide bonds. The van der Waals surface area contributed by atoms with E-state index in [9.17, 15) is 10.1 Å². The van der Waals surface area contributed by atoms with Crippen LogP contribution in [-0.2, 0) is 4.79 Å². The highest BCUT2D eigenvalue weighted by molar-refractivity contribution is 8.06. The molecule has 6 nitrogen and oxygen atoms in total. The van der Waals surface area contributed by atoms with Crippen LogP contribution in [0.25, 0.3) is 0 Å². The molecule has 0 bridgehead atoms. The predicted molar refractivity (Wildman–Crippen MR) is 115 cm³/mol. The Labute approximate surface area is 174 Å². The molecule has 2 aliphatic heterocycles. The lowest BCUT2D eigenvalue weighted by atomic mass is 9.64. The van der Waals surface area contributed by atoms with Crippen molar-refractivity contribution in [3.8, 4) is 6.07 Å². The highest BCUT2D eigenvalue weighted by Crippen LogP contribution is 2.54. The van der Waals surface area contributed by atoms with E-state index in [-0.39, 0.29) is 11.7 Å². The second-order valence-electron chi connectivity index (χ2n) is 7.81. The molecule has 2 saturated carbocycles. The first-order valence-corrected chi connectivity index (χ1v) is 11.7. The average Bonchev–Trinajstić information content (AvgIpc) is 3.39. The van der Waals surface area contributed by atoms with Crippen LogP contribution in [0.5, 0.6) is 0 Å². The summed E-state index contributed by atoms with van der Waals surface area (Å²) >= 11 is 2.96. The van der Waals surface area contributed by atoms with E-state index < -0.39 is 5.41 Å². The number of rotatable bonds is 4. The minimum absolute atomic E-state index is 0.000692. The Morgan fingerprint density at radius 2 is 2.21 bits per heavy atom. The zero-order valence-electron chi connectivity index (χ0n) is 16.0. The van der Waals surface area contributed by atoms with Gasteiger partial charge in [0.1, 0.15) is 10.9 Å². The van der Waals surface area contributed by atoms with E-state index >= 15 is 0 Å². The molecule has 4 aliphatic rings. The fourth-order valence-corrected chi connectivity index (χ4v) is 6.07. The summed E-state index contributed by atoms with van der Waals surface area (Å²) in [6.07, 6.45) is 7.20. The maximum absolute atomic E-state index is 12.1. The highest BCUT2D eigenvalue weighted by atomic mass is 32.2. The van der Waals surface area contributed by atoms with E-state index in [1.54, 1.807) is 11.8 Å². The van der Waals surface area contributed by atoms with Crippen LogP contribution in [0, 0.1) is 16.7 Å². The summed E-state index contributed by atoms with van der Waals surface area (Å²) in [6, 6.07) is 2.79. The van der Waals surface area contributed by atoms with Crippen LogP contribution in [0.4, 0.5) is 0 Å². The van der Waals surface area contributed by atoms with E-state index in [0.29, 0.717) is 22.5 Å². The number of nitrogens with two attached hydrogens (primary N) is 1. The predicted octanol–water partition coefficient (Wildman–Crippen LogP) is 3.46. The van der Waals surface area contributed by atoms with Crippen LogP contribution in [0.2, 0.25) is 0 Å². The maximum atomic E-state index is 12.1. The molecule has 1 spiro atoms. The fraction of sp³-hybridized carbons (Fsp3) is 0.550. The molecular formula is C20H25N5OS2. The lowest BCUT2D eigenvalue weighted by molar-refractivity contribution is -0.118. The molecule has 0 atom stereocenters. The molecule has 2 fully saturated rings. The summed E-state index contributed by atoms with van der Waals surface area (Å²) in [5.41, 5.74) is 8.79. The number of thioether (sulfide) groups is 2. The maximum Gasteiger partial charge on any atom is 0.230 e. The SMILES string of the molecule is CC1=CSC(=C2C(N)=NC(SCC(=O)NC3CC3)=C(C#N)C23CCCCC3)N1. The molecule has 4 N–H and O–H groups in total. The van der Waals surface area contributed by atoms with Gasteiger partial charge < -0.3 is 16.4 Å².